The summed E-state index contributed by atoms with van der Waals surface area (Å²) in [6.07, 6.45) is 0.321. The lowest BCUT2D eigenvalue weighted by Gasteiger charge is -2.33. The molecule has 3 aromatic rings. The summed E-state index contributed by atoms with van der Waals surface area (Å²) in [4.78, 5) is 28.6. The van der Waals surface area contributed by atoms with Crippen LogP contribution in [0.3, 0.4) is 0 Å². The molecule has 8 nitrogen and oxygen atoms in total. The van der Waals surface area contributed by atoms with Gasteiger partial charge in [0.1, 0.15) is 18.3 Å². The molecule has 0 aliphatic heterocycles. The van der Waals surface area contributed by atoms with E-state index >= 15 is 0 Å². The molecule has 0 bridgehead atoms. The van der Waals surface area contributed by atoms with Crippen LogP contribution in [0.5, 0.6) is 5.75 Å². The summed E-state index contributed by atoms with van der Waals surface area (Å²) in [6.45, 7) is 4.99. The second-order valence-electron chi connectivity index (χ2n) is 9.40. The van der Waals surface area contributed by atoms with E-state index < -0.39 is 28.5 Å². The van der Waals surface area contributed by atoms with Gasteiger partial charge in [-0.25, -0.2) is 8.42 Å². The normalized spacial score (nSPS) is 12.1. The minimum Gasteiger partial charge on any atom is -0.497 e. The summed E-state index contributed by atoms with van der Waals surface area (Å²) in [7, 11) is -2.66. The highest BCUT2D eigenvalue weighted by Gasteiger charge is 2.34. The smallest absolute Gasteiger partial charge is 0.264 e. The minimum absolute atomic E-state index is 0.0454. The number of anilines is 1. The Bertz CT molecular complexity index is 1410. The Kier molecular flexibility index (Phi) is 10.8. The van der Waals surface area contributed by atoms with E-state index in [1.54, 1.807) is 56.5 Å². The van der Waals surface area contributed by atoms with Crippen LogP contribution in [0.25, 0.3) is 0 Å². The fourth-order valence-corrected chi connectivity index (χ4v) is 5.84. The van der Waals surface area contributed by atoms with Crippen LogP contribution in [0.1, 0.15) is 32.8 Å². The molecule has 3 rings (SSSR count). The first-order chi connectivity index (χ1) is 19.0. The molecule has 3 aromatic carbocycles. The summed E-state index contributed by atoms with van der Waals surface area (Å²) < 4.78 is 33.9. The lowest BCUT2D eigenvalue weighted by molar-refractivity contribution is -0.140. The first-order valence-corrected chi connectivity index (χ1v) is 14.9. The van der Waals surface area contributed by atoms with Crippen molar-refractivity contribution in [2.24, 2.45) is 0 Å². The quantitative estimate of drug-likeness (QED) is 0.293. The van der Waals surface area contributed by atoms with E-state index in [9.17, 15) is 18.0 Å². The fraction of sp³-hybridized carbons (Fsp3) is 0.310. The first-order valence-electron chi connectivity index (χ1n) is 12.7. The zero-order valence-electron chi connectivity index (χ0n) is 22.8. The van der Waals surface area contributed by atoms with E-state index in [1.165, 1.54) is 35.2 Å². The van der Waals surface area contributed by atoms with Crippen molar-refractivity contribution in [1.82, 2.24) is 10.2 Å². The first kappa shape index (κ1) is 31.3. The Morgan fingerprint density at radius 1 is 0.950 bits per heavy atom. The Labute approximate surface area is 245 Å². The fourth-order valence-electron chi connectivity index (χ4n) is 4.12. The molecule has 40 heavy (non-hydrogen) atoms. The number of nitrogens with one attached hydrogen (secondary N) is 1. The van der Waals surface area contributed by atoms with E-state index in [1.807, 2.05) is 13.8 Å². The van der Waals surface area contributed by atoms with Gasteiger partial charge in [0.15, 0.2) is 0 Å². The monoisotopic (exact) mass is 605 g/mol. The molecule has 1 atom stereocenters. The number of ether oxygens (including phenoxy) is 1. The van der Waals surface area contributed by atoms with Crippen LogP contribution in [-0.2, 0) is 26.2 Å². The summed E-state index contributed by atoms with van der Waals surface area (Å²) in [6, 6.07) is 18.1. The highest BCUT2D eigenvalue weighted by Crippen LogP contribution is 2.28. The molecule has 1 N–H and O–H groups in total. The maximum Gasteiger partial charge on any atom is 0.264 e. The number of hydrogen-bond donors (Lipinski definition) is 1. The highest BCUT2D eigenvalue weighted by atomic mass is 35.5. The summed E-state index contributed by atoms with van der Waals surface area (Å²) in [5, 5.41) is 3.55. The van der Waals surface area contributed by atoms with Crippen LogP contribution in [0, 0.1) is 0 Å². The van der Waals surface area contributed by atoms with Gasteiger partial charge in [-0.1, -0.05) is 48.3 Å². The Hall–Kier alpha value is -3.27. The summed E-state index contributed by atoms with van der Waals surface area (Å²) in [5.41, 5.74) is 0.958. The molecule has 0 saturated carbocycles. The molecule has 11 heteroatoms. The van der Waals surface area contributed by atoms with Crippen molar-refractivity contribution in [2.45, 2.75) is 50.7 Å². The number of halogens is 2. The highest BCUT2D eigenvalue weighted by molar-refractivity contribution is 7.92. The number of sulfonamides is 1. The van der Waals surface area contributed by atoms with Gasteiger partial charge in [0.25, 0.3) is 10.0 Å². The van der Waals surface area contributed by atoms with Crippen molar-refractivity contribution in [2.75, 3.05) is 18.0 Å². The van der Waals surface area contributed by atoms with Crippen LogP contribution in [0.15, 0.2) is 77.7 Å². The van der Waals surface area contributed by atoms with Crippen LogP contribution in [0.4, 0.5) is 5.69 Å². The zero-order valence-corrected chi connectivity index (χ0v) is 25.1. The SMILES string of the molecule is CC[C@H](C(=O)NC(C)C)N(Cc1ccc(OC)cc1)C(=O)CN(c1cccc(Cl)c1)S(=O)(=O)c1ccc(Cl)cc1. The number of hydrogen-bond acceptors (Lipinski definition) is 5. The second kappa shape index (κ2) is 13.9. The van der Waals surface area contributed by atoms with Crippen molar-refractivity contribution in [1.29, 1.82) is 0 Å². The third-order valence-electron chi connectivity index (χ3n) is 6.11. The molecule has 0 aliphatic carbocycles. The third-order valence-corrected chi connectivity index (χ3v) is 8.38. The number of carbonyl (C=O) groups excluding carboxylic acids is 2. The lowest BCUT2D eigenvalue weighted by atomic mass is 10.1. The van der Waals surface area contributed by atoms with Crippen molar-refractivity contribution in [3.8, 4) is 5.75 Å². The Morgan fingerprint density at radius 3 is 2.15 bits per heavy atom. The topological polar surface area (TPSA) is 96.0 Å². The molecule has 0 aliphatic rings. The largest absolute Gasteiger partial charge is 0.497 e. The van der Waals surface area contributed by atoms with Gasteiger partial charge in [-0.05, 0) is 80.4 Å². The van der Waals surface area contributed by atoms with Gasteiger partial charge in [-0.2, -0.15) is 0 Å². The number of nitrogens with zero attached hydrogens (tertiary/aromatic N) is 2. The average molecular weight is 607 g/mol. The van der Waals surface area contributed by atoms with Crippen LogP contribution in [-0.4, -0.2) is 50.9 Å². The second-order valence-corrected chi connectivity index (χ2v) is 12.1. The molecule has 0 aromatic heterocycles. The molecule has 0 radical (unpaired) electrons. The van der Waals surface area contributed by atoms with Crippen molar-refractivity contribution >= 4 is 50.7 Å². The van der Waals surface area contributed by atoms with Crippen molar-refractivity contribution < 1.29 is 22.7 Å². The number of carbonyl (C=O) groups is 2. The van der Waals surface area contributed by atoms with E-state index in [2.05, 4.69) is 5.32 Å². The molecule has 0 spiro atoms. The molecule has 0 fully saturated rings. The van der Waals surface area contributed by atoms with Gasteiger partial charge in [0.2, 0.25) is 11.8 Å². The predicted molar refractivity (Wildman–Crippen MR) is 158 cm³/mol. The maximum absolute atomic E-state index is 14.0. The van der Waals surface area contributed by atoms with Gasteiger partial charge in [0, 0.05) is 22.6 Å². The van der Waals surface area contributed by atoms with E-state index in [0.29, 0.717) is 22.2 Å². The van der Waals surface area contributed by atoms with Crippen LogP contribution in [0.2, 0.25) is 10.0 Å². The standard InChI is InChI=1S/C29H33Cl2N3O5S/c1-5-27(29(36)32-20(2)3)33(18-21-9-13-25(39-4)14-10-21)28(35)19-34(24-8-6-7-23(31)17-24)40(37,38)26-15-11-22(30)12-16-26/h6-17,20,27H,5,18-19H2,1-4H3,(H,32,36)/t27-/m1/s1. The van der Waals surface area contributed by atoms with Crippen LogP contribution < -0.4 is 14.4 Å². The van der Waals surface area contributed by atoms with E-state index in [-0.39, 0.29) is 29.1 Å². The van der Waals surface area contributed by atoms with Crippen LogP contribution >= 0.6 is 23.2 Å². The Balaban J connectivity index is 2.06. The Morgan fingerprint density at radius 2 is 1.60 bits per heavy atom. The van der Waals surface area contributed by atoms with Crippen molar-refractivity contribution in [3.63, 3.8) is 0 Å². The molecular weight excluding hydrogens is 573 g/mol. The molecule has 0 heterocycles. The van der Waals surface area contributed by atoms with Gasteiger partial charge in [0.05, 0.1) is 17.7 Å². The number of rotatable bonds is 12. The molecule has 2 amide bonds. The van der Waals surface area contributed by atoms with E-state index in [0.717, 1.165) is 9.87 Å². The molecular formula is C29H33Cl2N3O5S. The summed E-state index contributed by atoms with van der Waals surface area (Å²) in [5.74, 6) is -0.235. The van der Waals surface area contributed by atoms with Gasteiger partial charge >= 0.3 is 0 Å². The van der Waals surface area contributed by atoms with Gasteiger partial charge in [-0.3, -0.25) is 13.9 Å². The third kappa shape index (κ3) is 7.90. The minimum atomic E-state index is -4.22. The lowest BCUT2D eigenvalue weighted by Crippen LogP contribution is -2.53. The van der Waals surface area contributed by atoms with Crippen molar-refractivity contribution in [3.05, 3.63) is 88.4 Å². The maximum atomic E-state index is 14.0. The molecule has 214 valence electrons. The zero-order chi connectivity index (χ0) is 29.4. The van der Waals surface area contributed by atoms with E-state index in [4.69, 9.17) is 27.9 Å². The average Bonchev–Trinajstić information content (AvgIpc) is 2.91. The molecule has 0 unspecified atom stereocenters. The van der Waals surface area contributed by atoms with Gasteiger partial charge < -0.3 is 15.0 Å². The van der Waals surface area contributed by atoms with Gasteiger partial charge in [-0.15, -0.1) is 0 Å². The number of amides is 2. The number of methoxy groups -OCH3 is 1. The summed E-state index contributed by atoms with van der Waals surface area (Å²) >= 11 is 12.2. The molecule has 0 saturated heterocycles. The predicted octanol–water partition coefficient (Wildman–Crippen LogP) is 5.53. The number of benzene rings is 3.